The third kappa shape index (κ3) is 3.68. The number of nitrogens with one attached hydrogen (secondary N) is 1. The highest BCUT2D eigenvalue weighted by molar-refractivity contribution is 6.31. The lowest BCUT2D eigenvalue weighted by molar-refractivity contribution is -0.553. The van der Waals surface area contributed by atoms with Gasteiger partial charge in [0, 0.05) is 31.2 Å². The Morgan fingerprint density at radius 1 is 1.22 bits per heavy atom. The van der Waals surface area contributed by atoms with E-state index in [1.54, 1.807) is 7.05 Å². The summed E-state index contributed by atoms with van der Waals surface area (Å²) in [5, 5.41) is 3.92. The molecule has 8 nitrogen and oxygen atoms in total. The van der Waals surface area contributed by atoms with E-state index in [4.69, 9.17) is 11.6 Å². The van der Waals surface area contributed by atoms with Crippen molar-refractivity contribution >= 4 is 35.3 Å². The average molecular weight is 392 g/mol. The average Bonchev–Trinajstić information content (AvgIpc) is 2.98. The molecule has 0 aliphatic carbocycles. The van der Waals surface area contributed by atoms with E-state index in [9.17, 15) is 9.59 Å². The van der Waals surface area contributed by atoms with E-state index in [2.05, 4.69) is 15.2 Å². The van der Waals surface area contributed by atoms with Gasteiger partial charge in [-0.3, -0.25) is 19.9 Å². The van der Waals surface area contributed by atoms with E-state index in [1.807, 2.05) is 42.9 Å². The smallest absolute Gasteiger partial charge is 0.306 e. The van der Waals surface area contributed by atoms with Gasteiger partial charge in [-0.1, -0.05) is 34.8 Å². The fraction of sp³-hybridized carbons (Fsp3) is 0.444. The molecule has 2 aliphatic heterocycles. The number of hydrogen-bond acceptors (Lipinski definition) is 5. The van der Waals surface area contributed by atoms with Crippen molar-refractivity contribution in [2.45, 2.75) is 12.6 Å². The number of carbonyl (C=O) groups excluding carboxylic acids is 2. The van der Waals surface area contributed by atoms with Crippen molar-refractivity contribution in [3.05, 3.63) is 34.9 Å². The molecule has 0 aromatic heterocycles. The molecule has 27 heavy (non-hydrogen) atoms. The van der Waals surface area contributed by atoms with Crippen LogP contribution in [0.2, 0.25) is 5.02 Å². The number of imide groups is 1. The second kappa shape index (κ2) is 7.66. The SMILES string of the molecule is CN(C)CCNC1=[N+](Cc2ccccc2Cl)C2C(=O)N(C)C(=O)N(C)C2=N1. The summed E-state index contributed by atoms with van der Waals surface area (Å²) in [4.78, 5) is 34.3. The Morgan fingerprint density at radius 3 is 2.59 bits per heavy atom. The van der Waals surface area contributed by atoms with Gasteiger partial charge in [-0.05, 0) is 20.2 Å². The first-order valence-corrected chi connectivity index (χ1v) is 9.08. The summed E-state index contributed by atoms with van der Waals surface area (Å²) in [5.74, 6) is 0.705. The minimum atomic E-state index is -0.657. The molecule has 1 saturated heterocycles. The van der Waals surface area contributed by atoms with Crippen molar-refractivity contribution < 1.29 is 14.2 Å². The van der Waals surface area contributed by atoms with Crippen LogP contribution in [0, 0.1) is 0 Å². The van der Waals surface area contributed by atoms with Crippen LogP contribution in [0.1, 0.15) is 5.56 Å². The van der Waals surface area contributed by atoms with Crippen molar-refractivity contribution in [1.82, 2.24) is 20.0 Å². The van der Waals surface area contributed by atoms with Gasteiger partial charge in [0.05, 0.1) is 13.1 Å². The number of likely N-dealkylation sites (N-methyl/N-ethyl adjacent to an activating group) is 3. The predicted octanol–water partition coefficient (Wildman–Crippen LogP) is 0.664. The van der Waals surface area contributed by atoms with Crippen LogP contribution >= 0.6 is 11.6 Å². The van der Waals surface area contributed by atoms with Crippen LogP contribution in [-0.2, 0) is 11.3 Å². The molecule has 0 saturated carbocycles. The number of halogens is 1. The molecule has 1 atom stereocenters. The Balaban J connectivity index is 1.97. The molecule has 1 fully saturated rings. The maximum atomic E-state index is 12.8. The Labute approximate surface area is 163 Å². The van der Waals surface area contributed by atoms with Gasteiger partial charge in [-0.2, -0.15) is 0 Å². The monoisotopic (exact) mass is 391 g/mol. The standard InChI is InChI=1S/C18H23ClN6O2/c1-22(2)10-9-20-17-21-15-14(16(26)24(4)18(27)23(15)3)25(17)11-12-7-5-6-8-13(12)19/h5-8,14H,9-11H2,1-4H3/p+1. The number of amidine groups is 1. The Morgan fingerprint density at radius 2 is 1.93 bits per heavy atom. The number of urea groups is 1. The van der Waals surface area contributed by atoms with Gasteiger partial charge >= 0.3 is 12.0 Å². The number of hydrogen-bond donors (Lipinski definition) is 1. The van der Waals surface area contributed by atoms with Crippen LogP contribution in [0.3, 0.4) is 0 Å². The lowest BCUT2D eigenvalue weighted by atomic mass is 10.1. The molecule has 0 bridgehead atoms. The molecule has 0 spiro atoms. The van der Waals surface area contributed by atoms with Crippen LogP contribution in [0.5, 0.6) is 0 Å². The van der Waals surface area contributed by atoms with Crippen LogP contribution in [0.4, 0.5) is 4.79 Å². The van der Waals surface area contributed by atoms with Gasteiger partial charge in [-0.15, -0.1) is 0 Å². The van der Waals surface area contributed by atoms with Gasteiger partial charge in [0.1, 0.15) is 0 Å². The van der Waals surface area contributed by atoms with Crippen molar-refractivity contribution in [3.63, 3.8) is 0 Å². The molecular weight excluding hydrogens is 368 g/mol. The second-order valence-corrected chi connectivity index (χ2v) is 7.29. The highest BCUT2D eigenvalue weighted by Gasteiger charge is 2.51. The van der Waals surface area contributed by atoms with Crippen molar-refractivity contribution in [2.24, 2.45) is 4.99 Å². The Kier molecular flexibility index (Phi) is 5.48. The molecule has 0 radical (unpaired) electrons. The third-order valence-electron chi connectivity index (χ3n) is 4.67. The largest absolute Gasteiger partial charge is 0.390 e. The summed E-state index contributed by atoms with van der Waals surface area (Å²) in [6.45, 7) is 1.87. The van der Waals surface area contributed by atoms with Gasteiger partial charge in [0.15, 0.2) is 0 Å². The first-order valence-electron chi connectivity index (χ1n) is 8.70. The zero-order valence-corrected chi connectivity index (χ0v) is 16.7. The number of aliphatic imine (C=N–C) groups is 1. The lowest BCUT2D eigenvalue weighted by Gasteiger charge is -2.31. The quantitative estimate of drug-likeness (QED) is 0.749. The summed E-state index contributed by atoms with van der Waals surface area (Å²) < 4.78 is 1.87. The minimum absolute atomic E-state index is 0.298. The number of nitrogens with zero attached hydrogens (tertiary/aromatic N) is 5. The maximum Gasteiger partial charge on any atom is 0.390 e. The number of benzene rings is 1. The van der Waals surface area contributed by atoms with Crippen LogP contribution < -0.4 is 5.32 Å². The van der Waals surface area contributed by atoms with Crippen molar-refractivity contribution in [2.75, 3.05) is 41.3 Å². The van der Waals surface area contributed by atoms with Crippen LogP contribution in [-0.4, -0.2) is 90.3 Å². The molecule has 2 heterocycles. The number of carbonyl (C=O) groups is 2. The molecule has 2 aliphatic rings. The second-order valence-electron chi connectivity index (χ2n) is 6.88. The van der Waals surface area contributed by atoms with E-state index in [1.165, 1.54) is 11.9 Å². The van der Waals surface area contributed by atoms with E-state index in [-0.39, 0.29) is 11.9 Å². The molecule has 1 aromatic rings. The zero-order chi connectivity index (χ0) is 19.7. The van der Waals surface area contributed by atoms with E-state index < -0.39 is 6.04 Å². The first kappa shape index (κ1) is 19.3. The Hall–Kier alpha value is -2.45. The zero-order valence-electron chi connectivity index (χ0n) is 15.9. The summed E-state index contributed by atoms with van der Waals surface area (Å²) >= 11 is 6.33. The molecule has 144 valence electrons. The lowest BCUT2D eigenvalue weighted by Crippen LogP contribution is -2.61. The van der Waals surface area contributed by atoms with Gasteiger partial charge in [0.2, 0.25) is 11.9 Å². The summed E-state index contributed by atoms with van der Waals surface area (Å²) in [7, 11) is 7.09. The topological polar surface area (TPSA) is 71.3 Å². The normalized spacial score (nSPS) is 19.8. The molecule has 9 heteroatoms. The molecular formula is C18H24ClN6O2+. The molecule has 1 N–H and O–H groups in total. The highest BCUT2D eigenvalue weighted by atomic mass is 35.5. The van der Waals surface area contributed by atoms with Crippen molar-refractivity contribution in [3.8, 4) is 0 Å². The van der Waals surface area contributed by atoms with Gasteiger partial charge in [-0.25, -0.2) is 9.37 Å². The number of amides is 3. The molecule has 3 amide bonds. The molecule has 3 rings (SSSR count). The predicted molar refractivity (Wildman–Crippen MR) is 104 cm³/mol. The minimum Gasteiger partial charge on any atom is -0.306 e. The van der Waals surface area contributed by atoms with E-state index >= 15 is 0 Å². The van der Waals surface area contributed by atoms with Crippen LogP contribution in [0.25, 0.3) is 0 Å². The summed E-state index contributed by atoms with van der Waals surface area (Å²) in [6, 6.07) is 6.46. The maximum absolute atomic E-state index is 12.8. The van der Waals surface area contributed by atoms with Gasteiger partial charge in [0.25, 0.3) is 5.91 Å². The third-order valence-corrected chi connectivity index (χ3v) is 5.04. The number of rotatable bonds is 5. The number of fused-ring (bicyclic) bond motifs is 1. The summed E-state index contributed by atoms with van der Waals surface area (Å²) in [5.41, 5.74) is 0.887. The first-order chi connectivity index (χ1) is 12.8. The van der Waals surface area contributed by atoms with E-state index in [0.29, 0.717) is 29.9 Å². The fourth-order valence-corrected chi connectivity index (χ4v) is 3.30. The van der Waals surface area contributed by atoms with Gasteiger partial charge < -0.3 is 4.90 Å². The van der Waals surface area contributed by atoms with Crippen LogP contribution in [0.15, 0.2) is 29.3 Å². The molecule has 1 unspecified atom stereocenters. The number of guanidine groups is 1. The highest BCUT2D eigenvalue weighted by Crippen LogP contribution is 2.22. The summed E-state index contributed by atoms with van der Waals surface area (Å²) in [6.07, 6.45) is 0. The van der Waals surface area contributed by atoms with Crippen molar-refractivity contribution in [1.29, 1.82) is 0 Å². The Bertz CT molecular complexity index is 835. The fourth-order valence-electron chi connectivity index (χ4n) is 3.11. The molecule has 1 aromatic carbocycles. The van der Waals surface area contributed by atoms with E-state index in [0.717, 1.165) is 17.0 Å².